The summed E-state index contributed by atoms with van der Waals surface area (Å²) in [6, 6.07) is 9.79. The Bertz CT molecular complexity index is 658. The van der Waals surface area contributed by atoms with Crippen LogP contribution in [-0.4, -0.2) is 5.91 Å². The first-order valence-corrected chi connectivity index (χ1v) is 6.43. The molecule has 2 aromatic rings. The minimum Gasteiger partial charge on any atom is -0.381 e. The van der Waals surface area contributed by atoms with E-state index in [-0.39, 0.29) is 5.56 Å². The van der Waals surface area contributed by atoms with E-state index in [1.54, 1.807) is 6.07 Å². The number of hydrogen-bond acceptors (Lipinski definition) is 2. The minimum atomic E-state index is -0.783. The molecule has 0 aliphatic carbocycles. The summed E-state index contributed by atoms with van der Waals surface area (Å²) in [5.74, 6) is -1.40. The standard InChI is InChI=1S/C15H14ClFN2O/c1-9-6-11(16)3-2-10(9)8-19-12-4-5-14(17)13(7-12)15(18)20/h2-7,19H,8H2,1H3,(H2,18,20). The number of nitrogens with two attached hydrogens (primary N) is 1. The van der Waals surface area contributed by atoms with Crippen LogP contribution < -0.4 is 11.1 Å². The lowest BCUT2D eigenvalue weighted by Gasteiger charge is -2.10. The fourth-order valence-electron chi connectivity index (χ4n) is 1.88. The molecule has 0 saturated heterocycles. The molecule has 0 unspecified atom stereocenters. The van der Waals surface area contributed by atoms with Gasteiger partial charge in [-0.2, -0.15) is 0 Å². The van der Waals surface area contributed by atoms with Gasteiger partial charge in [-0.15, -0.1) is 0 Å². The largest absolute Gasteiger partial charge is 0.381 e. The third kappa shape index (κ3) is 3.27. The Hall–Kier alpha value is -2.07. The van der Waals surface area contributed by atoms with Crippen LogP contribution in [0.3, 0.4) is 0 Å². The highest BCUT2D eigenvalue weighted by molar-refractivity contribution is 6.30. The van der Waals surface area contributed by atoms with E-state index < -0.39 is 11.7 Å². The number of carbonyl (C=O) groups is 1. The topological polar surface area (TPSA) is 55.1 Å². The number of amides is 1. The van der Waals surface area contributed by atoms with Gasteiger partial charge in [-0.05, 0) is 48.4 Å². The smallest absolute Gasteiger partial charge is 0.251 e. The van der Waals surface area contributed by atoms with Gasteiger partial charge >= 0.3 is 0 Å². The number of primary amides is 1. The molecular weight excluding hydrogens is 279 g/mol. The predicted molar refractivity (Wildman–Crippen MR) is 78.4 cm³/mol. The van der Waals surface area contributed by atoms with Crippen molar-refractivity contribution in [1.29, 1.82) is 0 Å². The average Bonchev–Trinajstić information content (AvgIpc) is 2.39. The highest BCUT2D eigenvalue weighted by Gasteiger charge is 2.09. The fraction of sp³-hybridized carbons (Fsp3) is 0.133. The van der Waals surface area contributed by atoms with Crippen LogP contribution in [0.2, 0.25) is 5.02 Å². The van der Waals surface area contributed by atoms with E-state index in [4.69, 9.17) is 17.3 Å². The average molecular weight is 293 g/mol. The third-order valence-corrected chi connectivity index (χ3v) is 3.25. The first kappa shape index (κ1) is 14.3. The molecule has 0 aromatic heterocycles. The van der Waals surface area contributed by atoms with Crippen molar-refractivity contribution in [2.75, 3.05) is 5.32 Å². The summed E-state index contributed by atoms with van der Waals surface area (Å²) in [4.78, 5) is 11.1. The minimum absolute atomic E-state index is 0.122. The van der Waals surface area contributed by atoms with E-state index in [2.05, 4.69) is 5.32 Å². The molecule has 0 radical (unpaired) electrons. The zero-order valence-corrected chi connectivity index (χ0v) is 11.7. The zero-order chi connectivity index (χ0) is 14.7. The number of nitrogens with one attached hydrogen (secondary N) is 1. The molecule has 0 aliphatic rings. The Kier molecular flexibility index (Phi) is 4.25. The van der Waals surface area contributed by atoms with E-state index in [1.165, 1.54) is 12.1 Å². The van der Waals surface area contributed by atoms with Crippen LogP contribution in [0.4, 0.5) is 10.1 Å². The SMILES string of the molecule is Cc1cc(Cl)ccc1CNc1ccc(F)c(C(N)=O)c1. The van der Waals surface area contributed by atoms with Gasteiger partial charge in [-0.3, -0.25) is 4.79 Å². The number of halogens is 2. The summed E-state index contributed by atoms with van der Waals surface area (Å²) < 4.78 is 13.3. The van der Waals surface area contributed by atoms with Crippen LogP contribution in [0, 0.1) is 12.7 Å². The highest BCUT2D eigenvalue weighted by atomic mass is 35.5. The van der Waals surface area contributed by atoms with Crippen LogP contribution >= 0.6 is 11.6 Å². The van der Waals surface area contributed by atoms with Gasteiger partial charge in [0, 0.05) is 17.3 Å². The van der Waals surface area contributed by atoms with Crippen molar-refractivity contribution in [1.82, 2.24) is 0 Å². The summed E-state index contributed by atoms with van der Waals surface area (Å²) >= 11 is 5.89. The van der Waals surface area contributed by atoms with Gasteiger partial charge in [0.25, 0.3) is 5.91 Å². The summed E-state index contributed by atoms with van der Waals surface area (Å²) in [5.41, 5.74) is 7.75. The van der Waals surface area contributed by atoms with Gasteiger partial charge in [0.2, 0.25) is 0 Å². The van der Waals surface area contributed by atoms with Crippen molar-refractivity contribution in [3.63, 3.8) is 0 Å². The molecule has 0 heterocycles. The second-order valence-electron chi connectivity index (χ2n) is 4.48. The lowest BCUT2D eigenvalue weighted by atomic mass is 10.1. The van der Waals surface area contributed by atoms with E-state index in [1.807, 2.05) is 25.1 Å². The van der Waals surface area contributed by atoms with Crippen LogP contribution in [0.25, 0.3) is 0 Å². The maximum absolute atomic E-state index is 13.3. The normalized spacial score (nSPS) is 10.3. The molecule has 20 heavy (non-hydrogen) atoms. The van der Waals surface area contributed by atoms with Gasteiger partial charge in [-0.1, -0.05) is 17.7 Å². The van der Waals surface area contributed by atoms with Crippen molar-refractivity contribution in [3.05, 3.63) is 63.9 Å². The summed E-state index contributed by atoms with van der Waals surface area (Å²) in [6.45, 7) is 2.51. The lowest BCUT2D eigenvalue weighted by Crippen LogP contribution is -2.13. The van der Waals surface area contributed by atoms with E-state index in [0.717, 1.165) is 11.1 Å². The van der Waals surface area contributed by atoms with Crippen molar-refractivity contribution >= 4 is 23.2 Å². The molecule has 0 fully saturated rings. The molecule has 0 bridgehead atoms. The second kappa shape index (κ2) is 5.92. The molecule has 0 saturated carbocycles. The number of carbonyl (C=O) groups excluding carboxylic acids is 1. The molecule has 3 nitrogen and oxygen atoms in total. The van der Waals surface area contributed by atoms with Gasteiger partial charge in [0.1, 0.15) is 5.82 Å². The molecule has 1 amide bonds. The Morgan fingerprint density at radius 1 is 1.30 bits per heavy atom. The first-order valence-electron chi connectivity index (χ1n) is 6.05. The Labute approximate surface area is 121 Å². The molecule has 5 heteroatoms. The summed E-state index contributed by atoms with van der Waals surface area (Å²) in [6.07, 6.45) is 0. The van der Waals surface area contributed by atoms with Gasteiger partial charge in [0.15, 0.2) is 0 Å². The molecule has 3 N–H and O–H groups in total. The van der Waals surface area contributed by atoms with Crippen LogP contribution in [0.1, 0.15) is 21.5 Å². The monoisotopic (exact) mass is 292 g/mol. The number of benzene rings is 2. The molecule has 0 atom stereocenters. The quantitative estimate of drug-likeness (QED) is 0.906. The summed E-state index contributed by atoms with van der Waals surface area (Å²) in [5, 5.41) is 3.81. The molecule has 0 aliphatic heterocycles. The van der Waals surface area contributed by atoms with Gasteiger partial charge in [0.05, 0.1) is 5.56 Å². The molecule has 2 aromatic carbocycles. The maximum atomic E-state index is 13.3. The molecule has 104 valence electrons. The van der Waals surface area contributed by atoms with Crippen molar-refractivity contribution < 1.29 is 9.18 Å². The van der Waals surface area contributed by atoms with E-state index >= 15 is 0 Å². The van der Waals surface area contributed by atoms with E-state index in [9.17, 15) is 9.18 Å². The number of aryl methyl sites for hydroxylation is 1. The number of anilines is 1. The Morgan fingerprint density at radius 2 is 2.05 bits per heavy atom. The maximum Gasteiger partial charge on any atom is 0.251 e. The van der Waals surface area contributed by atoms with Crippen LogP contribution in [-0.2, 0) is 6.54 Å². The first-order chi connectivity index (χ1) is 9.47. The number of hydrogen-bond donors (Lipinski definition) is 2. The van der Waals surface area contributed by atoms with Crippen molar-refractivity contribution in [2.24, 2.45) is 5.73 Å². The Morgan fingerprint density at radius 3 is 2.70 bits per heavy atom. The van der Waals surface area contributed by atoms with Gasteiger partial charge < -0.3 is 11.1 Å². The van der Waals surface area contributed by atoms with Crippen LogP contribution in [0.5, 0.6) is 0 Å². The lowest BCUT2D eigenvalue weighted by molar-refractivity contribution is 0.0996. The molecule has 0 spiro atoms. The van der Waals surface area contributed by atoms with Crippen molar-refractivity contribution in [3.8, 4) is 0 Å². The summed E-state index contributed by atoms with van der Waals surface area (Å²) in [7, 11) is 0. The second-order valence-corrected chi connectivity index (χ2v) is 4.92. The molecular formula is C15H14ClFN2O. The predicted octanol–water partition coefficient (Wildman–Crippen LogP) is 3.50. The third-order valence-electron chi connectivity index (χ3n) is 3.02. The Balaban J connectivity index is 2.15. The van der Waals surface area contributed by atoms with Crippen molar-refractivity contribution in [2.45, 2.75) is 13.5 Å². The van der Waals surface area contributed by atoms with E-state index in [0.29, 0.717) is 17.3 Å². The highest BCUT2D eigenvalue weighted by Crippen LogP contribution is 2.18. The van der Waals surface area contributed by atoms with Crippen LogP contribution in [0.15, 0.2) is 36.4 Å². The van der Waals surface area contributed by atoms with Gasteiger partial charge in [-0.25, -0.2) is 4.39 Å². The number of rotatable bonds is 4. The fourth-order valence-corrected chi connectivity index (χ4v) is 2.11. The zero-order valence-electron chi connectivity index (χ0n) is 10.9. The molecule has 2 rings (SSSR count).